The first kappa shape index (κ1) is 8.72. The molecule has 0 saturated carbocycles. The Bertz CT molecular complexity index is 309. The number of nitrogens with one attached hydrogen (secondary N) is 1. The second-order valence-electron chi connectivity index (χ2n) is 3.42. The number of thiophene rings is 1. The Kier molecular flexibility index (Phi) is 2.09. The quantitative estimate of drug-likeness (QED) is 0.722. The summed E-state index contributed by atoms with van der Waals surface area (Å²) in [6, 6.07) is 4.05. The van der Waals surface area contributed by atoms with Crippen LogP contribution in [0, 0.1) is 0 Å². The summed E-state index contributed by atoms with van der Waals surface area (Å²) in [5, 5.41) is 4.86. The zero-order chi connectivity index (χ0) is 9.31. The first-order valence-corrected chi connectivity index (χ1v) is 5.15. The van der Waals surface area contributed by atoms with Crippen LogP contribution in [0.3, 0.4) is 0 Å². The second kappa shape index (κ2) is 3.12. The van der Waals surface area contributed by atoms with Gasteiger partial charge in [0.25, 0.3) is 0 Å². The van der Waals surface area contributed by atoms with Gasteiger partial charge in [-0.15, -0.1) is 11.3 Å². The molecule has 3 nitrogen and oxygen atoms in total. The van der Waals surface area contributed by atoms with Gasteiger partial charge in [-0.25, -0.2) is 0 Å². The zero-order valence-corrected chi connectivity index (χ0v) is 8.06. The summed E-state index contributed by atoms with van der Waals surface area (Å²) in [5.74, 6) is 0.110. The predicted octanol–water partition coefficient (Wildman–Crippen LogP) is 0.464. The van der Waals surface area contributed by atoms with Gasteiger partial charge in [-0.2, -0.15) is 0 Å². The summed E-state index contributed by atoms with van der Waals surface area (Å²) >= 11 is 1.67. The van der Waals surface area contributed by atoms with Gasteiger partial charge in [0, 0.05) is 29.8 Å². The van der Waals surface area contributed by atoms with Gasteiger partial charge in [-0.05, 0) is 11.4 Å². The number of carbonyl (C=O) groups excluding carboxylic acids is 1. The first-order valence-electron chi connectivity index (χ1n) is 4.28. The van der Waals surface area contributed by atoms with E-state index in [9.17, 15) is 4.79 Å². The summed E-state index contributed by atoms with van der Waals surface area (Å²) in [4.78, 5) is 12.4. The monoisotopic (exact) mass is 196 g/mol. The zero-order valence-electron chi connectivity index (χ0n) is 7.25. The molecule has 3 N–H and O–H groups in total. The molecular formula is C9H12N2OS. The van der Waals surface area contributed by atoms with E-state index in [0.29, 0.717) is 19.5 Å². The van der Waals surface area contributed by atoms with Crippen molar-refractivity contribution in [3.05, 3.63) is 22.4 Å². The number of amides is 1. The molecule has 4 heteroatoms. The second-order valence-corrected chi connectivity index (χ2v) is 4.36. The van der Waals surface area contributed by atoms with Gasteiger partial charge in [0.05, 0.1) is 0 Å². The highest BCUT2D eigenvalue weighted by molar-refractivity contribution is 7.10. The first-order chi connectivity index (χ1) is 6.27. The molecule has 2 heterocycles. The van der Waals surface area contributed by atoms with Gasteiger partial charge >= 0.3 is 0 Å². The average Bonchev–Trinajstić information content (AvgIpc) is 2.73. The summed E-state index contributed by atoms with van der Waals surface area (Å²) in [6.45, 7) is 1.22. The lowest BCUT2D eigenvalue weighted by atomic mass is 9.85. The maximum atomic E-state index is 11.2. The molecule has 2 rings (SSSR count). The highest BCUT2D eigenvalue weighted by Gasteiger charge is 2.39. The average molecular weight is 196 g/mol. The van der Waals surface area contributed by atoms with E-state index < -0.39 is 0 Å². The van der Waals surface area contributed by atoms with E-state index in [1.54, 1.807) is 11.3 Å². The molecule has 1 aromatic heterocycles. The minimum atomic E-state index is -0.134. The van der Waals surface area contributed by atoms with Crippen LogP contribution >= 0.6 is 11.3 Å². The lowest BCUT2D eigenvalue weighted by Crippen LogP contribution is -2.36. The Hall–Kier alpha value is -0.870. The maximum Gasteiger partial charge on any atom is 0.221 e. The van der Waals surface area contributed by atoms with Crippen molar-refractivity contribution >= 4 is 17.2 Å². The smallest absolute Gasteiger partial charge is 0.221 e. The van der Waals surface area contributed by atoms with Crippen LogP contribution < -0.4 is 11.1 Å². The molecule has 1 aromatic rings. The normalized spacial score (nSPS) is 27.6. The van der Waals surface area contributed by atoms with Crippen LogP contribution in [0.1, 0.15) is 11.3 Å². The Balaban J connectivity index is 2.31. The molecular weight excluding hydrogens is 184 g/mol. The molecule has 0 aliphatic carbocycles. The van der Waals surface area contributed by atoms with Crippen molar-refractivity contribution in [2.45, 2.75) is 11.8 Å². The maximum absolute atomic E-state index is 11.2. The molecule has 1 fully saturated rings. The van der Waals surface area contributed by atoms with Crippen molar-refractivity contribution in [3.63, 3.8) is 0 Å². The predicted molar refractivity (Wildman–Crippen MR) is 52.7 cm³/mol. The highest BCUT2D eigenvalue weighted by Crippen LogP contribution is 2.33. The van der Waals surface area contributed by atoms with Gasteiger partial charge in [-0.1, -0.05) is 6.07 Å². The van der Waals surface area contributed by atoms with E-state index in [4.69, 9.17) is 5.73 Å². The van der Waals surface area contributed by atoms with Crippen molar-refractivity contribution in [1.29, 1.82) is 0 Å². The fourth-order valence-electron chi connectivity index (χ4n) is 1.70. The summed E-state index contributed by atoms with van der Waals surface area (Å²) < 4.78 is 0. The van der Waals surface area contributed by atoms with Crippen molar-refractivity contribution < 1.29 is 4.79 Å². The summed E-state index contributed by atoms with van der Waals surface area (Å²) in [5.41, 5.74) is 5.60. The molecule has 13 heavy (non-hydrogen) atoms. The molecule has 0 radical (unpaired) electrons. The molecule has 1 aliphatic heterocycles. The number of hydrogen-bond donors (Lipinski definition) is 2. The standard InChI is InChI=1S/C9H12N2OS/c10-5-9(4-8(12)11-6-9)7-2-1-3-13-7/h1-3H,4-6,10H2,(H,11,12). The topological polar surface area (TPSA) is 55.1 Å². The summed E-state index contributed by atoms with van der Waals surface area (Å²) in [7, 11) is 0. The molecule has 1 unspecified atom stereocenters. The Morgan fingerprint density at radius 2 is 2.54 bits per heavy atom. The Morgan fingerprint density at radius 1 is 1.69 bits per heavy atom. The van der Waals surface area contributed by atoms with Crippen LogP contribution in [0.2, 0.25) is 0 Å². The number of carbonyl (C=O) groups is 1. The third kappa shape index (κ3) is 1.36. The van der Waals surface area contributed by atoms with Gasteiger partial charge < -0.3 is 11.1 Å². The van der Waals surface area contributed by atoms with Crippen molar-refractivity contribution in [3.8, 4) is 0 Å². The number of hydrogen-bond acceptors (Lipinski definition) is 3. The SMILES string of the molecule is NCC1(c2cccs2)CNC(=O)C1. The summed E-state index contributed by atoms with van der Waals surface area (Å²) in [6.07, 6.45) is 0.532. The molecule has 1 aliphatic rings. The van der Waals surface area contributed by atoms with Crippen LogP contribution in [-0.2, 0) is 10.2 Å². The van der Waals surface area contributed by atoms with E-state index in [0.717, 1.165) is 0 Å². The molecule has 1 amide bonds. The fraction of sp³-hybridized carbons (Fsp3) is 0.444. The van der Waals surface area contributed by atoms with Crippen LogP contribution in [0.4, 0.5) is 0 Å². The van der Waals surface area contributed by atoms with Crippen LogP contribution in [-0.4, -0.2) is 19.0 Å². The van der Waals surface area contributed by atoms with Gasteiger partial charge in [0.2, 0.25) is 5.91 Å². The molecule has 1 saturated heterocycles. The lowest BCUT2D eigenvalue weighted by Gasteiger charge is -2.23. The van der Waals surface area contributed by atoms with E-state index in [1.165, 1.54) is 4.88 Å². The minimum absolute atomic E-state index is 0.110. The molecule has 70 valence electrons. The fourth-order valence-corrected chi connectivity index (χ4v) is 2.64. The third-order valence-electron chi connectivity index (χ3n) is 2.56. The molecule has 0 bridgehead atoms. The van der Waals surface area contributed by atoms with E-state index in [-0.39, 0.29) is 11.3 Å². The van der Waals surface area contributed by atoms with Gasteiger partial charge in [0.1, 0.15) is 0 Å². The molecule has 0 aromatic carbocycles. The van der Waals surface area contributed by atoms with Crippen LogP contribution in [0.25, 0.3) is 0 Å². The van der Waals surface area contributed by atoms with Crippen molar-refractivity contribution in [2.75, 3.05) is 13.1 Å². The minimum Gasteiger partial charge on any atom is -0.355 e. The van der Waals surface area contributed by atoms with Crippen LogP contribution in [0.5, 0.6) is 0 Å². The highest BCUT2D eigenvalue weighted by atomic mass is 32.1. The van der Waals surface area contributed by atoms with Crippen LogP contribution in [0.15, 0.2) is 17.5 Å². The van der Waals surface area contributed by atoms with E-state index >= 15 is 0 Å². The number of rotatable bonds is 2. The Morgan fingerprint density at radius 3 is 3.00 bits per heavy atom. The van der Waals surface area contributed by atoms with E-state index in [1.807, 2.05) is 11.4 Å². The van der Waals surface area contributed by atoms with Crippen molar-refractivity contribution in [1.82, 2.24) is 5.32 Å². The molecule has 0 spiro atoms. The van der Waals surface area contributed by atoms with Crippen molar-refractivity contribution in [2.24, 2.45) is 5.73 Å². The number of nitrogens with two attached hydrogens (primary N) is 1. The largest absolute Gasteiger partial charge is 0.355 e. The lowest BCUT2D eigenvalue weighted by molar-refractivity contribution is -0.119. The van der Waals surface area contributed by atoms with E-state index in [2.05, 4.69) is 11.4 Å². The Labute approximate surface area is 80.9 Å². The van der Waals surface area contributed by atoms with Gasteiger partial charge in [0.15, 0.2) is 0 Å². The molecule has 1 atom stereocenters. The third-order valence-corrected chi connectivity index (χ3v) is 3.67. The van der Waals surface area contributed by atoms with Gasteiger partial charge in [-0.3, -0.25) is 4.79 Å².